The molecule has 3 rings (SSSR count). The lowest BCUT2D eigenvalue weighted by Gasteiger charge is -2.40. The first kappa shape index (κ1) is 15.0. The van der Waals surface area contributed by atoms with Crippen molar-refractivity contribution in [1.82, 2.24) is 20.4 Å². The van der Waals surface area contributed by atoms with Crippen molar-refractivity contribution in [3.63, 3.8) is 0 Å². The van der Waals surface area contributed by atoms with E-state index in [1.54, 1.807) is 6.92 Å². The molecular weight excluding hydrogens is 284 g/mol. The van der Waals surface area contributed by atoms with E-state index in [0.717, 1.165) is 25.7 Å². The maximum absolute atomic E-state index is 12.3. The van der Waals surface area contributed by atoms with E-state index in [0.29, 0.717) is 24.8 Å². The van der Waals surface area contributed by atoms with Gasteiger partial charge >= 0.3 is 0 Å². The second-order valence-electron chi connectivity index (χ2n) is 6.22. The van der Waals surface area contributed by atoms with Gasteiger partial charge in [-0.1, -0.05) is 24.4 Å². The summed E-state index contributed by atoms with van der Waals surface area (Å²) in [6.07, 6.45) is 5.55. The molecule has 0 spiro atoms. The minimum absolute atomic E-state index is 0.0462. The Hall–Kier alpha value is -1.92. The Bertz CT molecular complexity index is 545. The molecule has 1 aliphatic carbocycles. The Morgan fingerprint density at radius 2 is 1.95 bits per heavy atom. The highest BCUT2D eigenvalue weighted by Gasteiger charge is 2.38. The summed E-state index contributed by atoms with van der Waals surface area (Å²) in [6.45, 7) is 3.04. The molecule has 0 unspecified atom stereocenters. The van der Waals surface area contributed by atoms with Crippen LogP contribution in [0.1, 0.15) is 43.8 Å². The smallest absolute Gasteiger partial charge is 0.227 e. The van der Waals surface area contributed by atoms with E-state index >= 15 is 0 Å². The molecule has 1 N–H and O–H groups in total. The normalized spacial score (nSPS) is 19.8. The second-order valence-corrected chi connectivity index (χ2v) is 6.22. The van der Waals surface area contributed by atoms with Crippen LogP contribution in [-0.4, -0.2) is 39.9 Å². The van der Waals surface area contributed by atoms with Gasteiger partial charge in [-0.05, 0) is 12.8 Å². The fraction of sp³-hybridized carbons (Fsp3) is 0.733. The number of amides is 2. The van der Waals surface area contributed by atoms with Gasteiger partial charge in [0.05, 0.1) is 12.5 Å². The van der Waals surface area contributed by atoms with Crippen molar-refractivity contribution in [2.45, 2.75) is 45.6 Å². The van der Waals surface area contributed by atoms with Gasteiger partial charge in [0.25, 0.3) is 0 Å². The van der Waals surface area contributed by atoms with Crippen molar-refractivity contribution < 1.29 is 14.1 Å². The van der Waals surface area contributed by atoms with Gasteiger partial charge in [0.1, 0.15) is 0 Å². The van der Waals surface area contributed by atoms with Gasteiger partial charge in [-0.3, -0.25) is 9.59 Å². The van der Waals surface area contributed by atoms with Crippen LogP contribution in [0.5, 0.6) is 0 Å². The van der Waals surface area contributed by atoms with E-state index in [1.807, 2.05) is 4.90 Å². The number of aryl methyl sites for hydroxylation is 1. The lowest BCUT2D eigenvalue weighted by atomic mass is 9.86. The molecule has 120 valence electrons. The molecule has 2 fully saturated rings. The van der Waals surface area contributed by atoms with Crippen LogP contribution in [0.2, 0.25) is 0 Å². The largest absolute Gasteiger partial charge is 0.348 e. The summed E-state index contributed by atoms with van der Waals surface area (Å²) >= 11 is 0. The first-order chi connectivity index (χ1) is 10.6. The number of nitrogens with one attached hydrogen (secondary N) is 1. The van der Waals surface area contributed by atoms with Gasteiger partial charge in [0.2, 0.25) is 17.7 Å². The molecule has 2 amide bonds. The summed E-state index contributed by atoms with van der Waals surface area (Å²) in [4.78, 5) is 30.2. The van der Waals surface area contributed by atoms with E-state index in [2.05, 4.69) is 15.5 Å². The highest BCUT2D eigenvalue weighted by Crippen LogP contribution is 2.28. The fourth-order valence-electron chi connectivity index (χ4n) is 3.16. The van der Waals surface area contributed by atoms with E-state index < -0.39 is 0 Å². The fourth-order valence-corrected chi connectivity index (χ4v) is 3.16. The topological polar surface area (TPSA) is 88.3 Å². The third-order valence-electron chi connectivity index (χ3n) is 4.51. The molecule has 1 aliphatic heterocycles. The molecule has 1 aromatic rings. The molecule has 22 heavy (non-hydrogen) atoms. The van der Waals surface area contributed by atoms with Gasteiger partial charge in [0, 0.05) is 25.9 Å². The van der Waals surface area contributed by atoms with Crippen molar-refractivity contribution in [3.05, 3.63) is 11.7 Å². The van der Waals surface area contributed by atoms with Crippen molar-refractivity contribution >= 4 is 11.8 Å². The van der Waals surface area contributed by atoms with Gasteiger partial charge in [-0.25, -0.2) is 0 Å². The summed E-state index contributed by atoms with van der Waals surface area (Å²) in [5.74, 6) is 1.21. The number of hydrogen-bond acceptors (Lipinski definition) is 5. The second kappa shape index (κ2) is 6.46. The summed E-state index contributed by atoms with van der Waals surface area (Å²) in [6, 6.07) is 0. The van der Waals surface area contributed by atoms with Crippen LogP contribution in [0.15, 0.2) is 4.52 Å². The first-order valence-electron chi connectivity index (χ1n) is 7.99. The highest BCUT2D eigenvalue weighted by atomic mass is 16.5. The van der Waals surface area contributed by atoms with Crippen LogP contribution in [0.25, 0.3) is 0 Å². The quantitative estimate of drug-likeness (QED) is 0.897. The SMILES string of the molecule is Cc1nc(CNC(=O)C2CN(C(=O)C3CCCCC3)C2)no1. The van der Waals surface area contributed by atoms with Crippen LogP contribution in [-0.2, 0) is 16.1 Å². The Balaban J connectivity index is 1.40. The van der Waals surface area contributed by atoms with E-state index in [1.165, 1.54) is 6.42 Å². The number of nitrogens with zero attached hydrogens (tertiary/aromatic N) is 3. The predicted molar refractivity (Wildman–Crippen MR) is 77.5 cm³/mol. The maximum Gasteiger partial charge on any atom is 0.227 e. The van der Waals surface area contributed by atoms with Gasteiger partial charge in [-0.15, -0.1) is 0 Å². The lowest BCUT2D eigenvalue weighted by molar-refractivity contribution is -0.147. The zero-order chi connectivity index (χ0) is 15.5. The predicted octanol–water partition coefficient (Wildman–Crippen LogP) is 1.03. The van der Waals surface area contributed by atoms with E-state index in [4.69, 9.17) is 4.52 Å². The van der Waals surface area contributed by atoms with Gasteiger partial charge in [0.15, 0.2) is 5.82 Å². The van der Waals surface area contributed by atoms with Crippen LogP contribution in [0.4, 0.5) is 0 Å². The van der Waals surface area contributed by atoms with Crippen molar-refractivity contribution in [3.8, 4) is 0 Å². The number of carbonyl (C=O) groups excluding carboxylic acids is 2. The van der Waals surface area contributed by atoms with Crippen LogP contribution >= 0.6 is 0 Å². The molecule has 0 aromatic carbocycles. The molecule has 1 aromatic heterocycles. The summed E-state index contributed by atoms with van der Waals surface area (Å²) < 4.78 is 4.85. The molecule has 7 nitrogen and oxygen atoms in total. The molecule has 0 bridgehead atoms. The Kier molecular flexibility index (Phi) is 4.40. The molecular formula is C15H22N4O3. The minimum atomic E-state index is -0.111. The Morgan fingerprint density at radius 3 is 2.59 bits per heavy atom. The molecule has 0 atom stereocenters. The van der Waals surface area contributed by atoms with Gasteiger partial charge < -0.3 is 14.7 Å². The third kappa shape index (κ3) is 3.28. The van der Waals surface area contributed by atoms with Crippen molar-refractivity contribution in [1.29, 1.82) is 0 Å². The average molecular weight is 306 g/mol. The van der Waals surface area contributed by atoms with Crippen molar-refractivity contribution in [2.75, 3.05) is 13.1 Å². The molecule has 7 heteroatoms. The summed E-state index contributed by atoms with van der Waals surface area (Å²) in [5.41, 5.74) is 0. The Morgan fingerprint density at radius 1 is 1.23 bits per heavy atom. The zero-order valence-corrected chi connectivity index (χ0v) is 12.9. The number of aromatic nitrogens is 2. The molecule has 1 saturated carbocycles. The molecule has 1 saturated heterocycles. The molecule has 2 heterocycles. The maximum atomic E-state index is 12.3. The standard InChI is InChI=1S/C15H22N4O3/c1-10-17-13(18-22-10)7-16-14(20)12-8-19(9-12)15(21)11-5-3-2-4-6-11/h11-12H,2-9H2,1H3,(H,16,20). The van der Waals surface area contributed by atoms with Crippen LogP contribution in [0.3, 0.4) is 0 Å². The highest BCUT2D eigenvalue weighted by molar-refractivity contribution is 5.85. The first-order valence-corrected chi connectivity index (χ1v) is 7.99. The monoisotopic (exact) mass is 306 g/mol. The minimum Gasteiger partial charge on any atom is -0.348 e. The molecule has 2 aliphatic rings. The third-order valence-corrected chi connectivity index (χ3v) is 4.51. The van der Waals surface area contributed by atoms with E-state index in [9.17, 15) is 9.59 Å². The van der Waals surface area contributed by atoms with Crippen LogP contribution in [0, 0.1) is 18.8 Å². The van der Waals surface area contributed by atoms with E-state index in [-0.39, 0.29) is 30.2 Å². The average Bonchev–Trinajstić information content (AvgIpc) is 2.90. The number of hydrogen-bond donors (Lipinski definition) is 1. The van der Waals surface area contributed by atoms with Crippen LogP contribution < -0.4 is 5.32 Å². The van der Waals surface area contributed by atoms with Gasteiger partial charge in [-0.2, -0.15) is 4.98 Å². The van der Waals surface area contributed by atoms with Crippen molar-refractivity contribution in [2.24, 2.45) is 11.8 Å². The number of carbonyl (C=O) groups is 2. The summed E-state index contributed by atoms with van der Waals surface area (Å²) in [7, 11) is 0. The Labute approximate surface area is 129 Å². The number of rotatable bonds is 4. The zero-order valence-electron chi connectivity index (χ0n) is 12.9. The number of likely N-dealkylation sites (tertiary alicyclic amines) is 1. The summed E-state index contributed by atoms with van der Waals surface area (Å²) in [5, 5.41) is 6.52. The molecule has 0 radical (unpaired) electrons. The lowest BCUT2D eigenvalue weighted by Crippen LogP contribution is -2.57.